The molecule has 396 valence electrons. The summed E-state index contributed by atoms with van der Waals surface area (Å²) in [5, 5.41) is 25.3. The Morgan fingerprint density at radius 1 is 0.639 bits per heavy atom. The second-order valence-electron chi connectivity index (χ2n) is 20.5. The van der Waals surface area contributed by atoms with Crippen LogP contribution in [0, 0.1) is 23.7 Å². The second kappa shape index (κ2) is 26.9. The molecule has 4 aliphatic heterocycles. The van der Waals surface area contributed by atoms with E-state index in [4.69, 9.17) is 29.8 Å². The number of nitrogens with zero attached hydrogens (tertiary/aromatic N) is 3. The molecule has 4 saturated heterocycles. The Kier molecular flexibility index (Phi) is 20.5. The zero-order chi connectivity index (χ0) is 51.1. The van der Waals surface area contributed by atoms with Crippen LogP contribution in [0.15, 0.2) is 36.4 Å². The zero-order valence-electron chi connectivity index (χ0n) is 43.4. The Morgan fingerprint density at radius 2 is 1.10 bits per heavy atom. The summed E-state index contributed by atoms with van der Waals surface area (Å²) in [7, 11) is 4.26. The average molecular weight is 999 g/mol. The van der Waals surface area contributed by atoms with Crippen molar-refractivity contribution in [2.45, 2.75) is 116 Å². The van der Waals surface area contributed by atoms with Gasteiger partial charge in [0.05, 0.1) is 18.7 Å². The molecule has 72 heavy (non-hydrogen) atoms. The summed E-state index contributed by atoms with van der Waals surface area (Å²) in [4.78, 5) is 48.7. The Hall–Kier alpha value is -4.84. The molecule has 4 aromatic rings. The van der Waals surface area contributed by atoms with E-state index in [0.29, 0.717) is 55.3 Å². The molecular formula is C56H82N6O10. The number of benzene rings is 2. The van der Waals surface area contributed by atoms with Crippen LogP contribution in [0.3, 0.4) is 0 Å². The molecule has 2 aromatic heterocycles. The number of amides is 2. The van der Waals surface area contributed by atoms with E-state index in [1.54, 1.807) is 11.0 Å². The number of likely N-dealkylation sites (N-methyl/N-ethyl adjacent to an activating group) is 2. The van der Waals surface area contributed by atoms with Gasteiger partial charge in [-0.15, -0.1) is 0 Å². The molecule has 4 fully saturated rings. The predicted molar refractivity (Wildman–Crippen MR) is 279 cm³/mol. The fraction of sp³-hybridized carbons (Fsp3) is 0.643. The first kappa shape index (κ1) is 54.9. The van der Waals surface area contributed by atoms with Crippen LogP contribution in [-0.2, 0) is 68.3 Å². The van der Waals surface area contributed by atoms with Crippen LogP contribution in [0.5, 0.6) is 0 Å². The van der Waals surface area contributed by atoms with Crippen LogP contribution >= 0.6 is 0 Å². The molecule has 0 spiro atoms. The van der Waals surface area contributed by atoms with Crippen molar-refractivity contribution in [2.75, 3.05) is 79.0 Å². The van der Waals surface area contributed by atoms with E-state index in [9.17, 15) is 24.3 Å². The smallest absolute Gasteiger partial charge is 0.335 e. The quantitative estimate of drug-likeness (QED) is 0.107. The monoisotopic (exact) mass is 999 g/mol. The molecule has 2 aromatic carbocycles. The van der Waals surface area contributed by atoms with Crippen molar-refractivity contribution in [3.05, 3.63) is 70.0 Å². The van der Waals surface area contributed by atoms with Crippen molar-refractivity contribution >= 4 is 45.6 Å². The number of fused-ring (bicyclic) bond motifs is 6. The molecule has 10 rings (SSSR count). The van der Waals surface area contributed by atoms with E-state index >= 15 is 0 Å². The number of nitrogens with two attached hydrogens (primary N) is 1. The van der Waals surface area contributed by atoms with Gasteiger partial charge in [0.1, 0.15) is 0 Å². The highest BCUT2D eigenvalue weighted by Crippen LogP contribution is 2.41. The summed E-state index contributed by atoms with van der Waals surface area (Å²) in [5.74, 6) is 1.08. The number of carboxylic acids is 2. The van der Waals surface area contributed by atoms with Crippen molar-refractivity contribution in [3.63, 3.8) is 0 Å². The third-order valence-electron chi connectivity index (χ3n) is 16.1. The summed E-state index contributed by atoms with van der Waals surface area (Å²) in [6.45, 7) is 11.8. The number of rotatable bonds is 11. The average Bonchev–Trinajstić information content (AvgIpc) is 3.86. The van der Waals surface area contributed by atoms with Crippen molar-refractivity contribution in [1.82, 2.24) is 24.7 Å². The van der Waals surface area contributed by atoms with Crippen molar-refractivity contribution in [3.8, 4) is 0 Å². The highest BCUT2D eigenvalue weighted by molar-refractivity contribution is 6.01. The molecule has 2 atom stereocenters. The SMILES string of the molecule is CCN(CC(=O)NC1CCOCC1)C(=O)c1ccc2c(c1)c1c(n2C)CCC(C2CCOCC2)C1.CCNCC(=O)O.Cn1c2c(c3cc(C(=O)O)ccc31)CC(C1CCOCC1)CC2.NC1CCOCC1. The first-order chi connectivity index (χ1) is 34.9. The summed E-state index contributed by atoms with van der Waals surface area (Å²) >= 11 is 0. The minimum Gasteiger partial charge on any atom is -0.480 e. The van der Waals surface area contributed by atoms with Crippen LogP contribution in [0.25, 0.3) is 21.8 Å². The molecule has 0 radical (unpaired) electrons. The first-order valence-corrected chi connectivity index (χ1v) is 26.9. The highest BCUT2D eigenvalue weighted by Gasteiger charge is 2.33. The maximum atomic E-state index is 13.4. The normalized spacial score (nSPS) is 20.9. The molecule has 0 saturated carbocycles. The van der Waals surface area contributed by atoms with Gasteiger partial charge in [-0.3, -0.25) is 14.4 Å². The lowest BCUT2D eigenvalue weighted by Gasteiger charge is -2.33. The van der Waals surface area contributed by atoms with Crippen LogP contribution in [-0.4, -0.2) is 139 Å². The minimum absolute atomic E-state index is 0.0660. The third-order valence-corrected chi connectivity index (χ3v) is 16.1. The molecular weight excluding hydrogens is 917 g/mol. The number of hydrogen-bond donors (Lipinski definition) is 5. The molecule has 6 heterocycles. The van der Waals surface area contributed by atoms with E-state index in [1.165, 1.54) is 59.1 Å². The summed E-state index contributed by atoms with van der Waals surface area (Å²) in [6, 6.07) is 12.2. The number of aromatic nitrogens is 2. The summed E-state index contributed by atoms with van der Waals surface area (Å²) < 4.78 is 26.1. The van der Waals surface area contributed by atoms with Gasteiger partial charge in [0.2, 0.25) is 5.91 Å². The highest BCUT2D eigenvalue weighted by atomic mass is 16.5. The van der Waals surface area contributed by atoms with Crippen molar-refractivity contribution < 1.29 is 48.3 Å². The maximum absolute atomic E-state index is 13.4. The number of carboxylic acid groups (broad SMARTS) is 2. The van der Waals surface area contributed by atoms with Crippen LogP contribution in [0.1, 0.15) is 121 Å². The van der Waals surface area contributed by atoms with Gasteiger partial charge in [-0.1, -0.05) is 6.92 Å². The van der Waals surface area contributed by atoms with E-state index in [2.05, 4.69) is 46.0 Å². The predicted octanol–water partition coefficient (Wildman–Crippen LogP) is 6.68. The fourth-order valence-corrected chi connectivity index (χ4v) is 11.8. The van der Waals surface area contributed by atoms with Gasteiger partial charge in [-0.25, -0.2) is 4.79 Å². The number of ether oxygens (including phenoxy) is 4. The molecule has 16 heteroatoms. The summed E-state index contributed by atoms with van der Waals surface area (Å²) in [6.07, 6.45) is 15.3. The van der Waals surface area contributed by atoms with Gasteiger partial charge < -0.3 is 59.6 Å². The standard InChI is InChI=1S/C28H39N3O4.C19H23NO3.C5H11NO.C4H9NO2/c1-3-31(18-27(32)29-22-10-14-35-15-11-22)28(33)21-5-7-26-24(17-21)23-16-20(4-6-25(23)30(26)2)19-8-12-34-13-9-19;1-20-17-4-2-13(12-6-8-23-9-7-12)10-15(17)16-11-14(19(21)22)3-5-18(16)20;6-5-1-3-7-4-2-5;1-2-5-3-4(6)7/h5,7,17,19-20,22H,3-4,6,8-16,18H2,1-2H3,(H,29,32);3,5,11-13H,2,4,6-10H2,1H3,(H,21,22);5H,1-4,6H2;5H,2-3H2,1H3,(H,6,7). The van der Waals surface area contributed by atoms with Crippen molar-refractivity contribution in [2.24, 2.45) is 43.5 Å². The first-order valence-electron chi connectivity index (χ1n) is 26.9. The lowest BCUT2D eigenvalue weighted by molar-refractivity contribution is -0.136. The molecule has 16 nitrogen and oxygen atoms in total. The number of aromatic carboxylic acids is 1. The molecule has 2 amide bonds. The third kappa shape index (κ3) is 14.3. The second-order valence-corrected chi connectivity index (χ2v) is 20.5. The summed E-state index contributed by atoms with van der Waals surface area (Å²) in [5.41, 5.74) is 14.6. The van der Waals surface area contributed by atoms with Crippen molar-refractivity contribution in [1.29, 1.82) is 0 Å². The Balaban J connectivity index is 0.000000174. The number of nitrogens with one attached hydrogen (secondary N) is 2. The van der Waals surface area contributed by atoms with E-state index in [-0.39, 0.29) is 30.9 Å². The number of carbonyl (C=O) groups is 4. The van der Waals surface area contributed by atoms with Gasteiger partial charge in [-0.2, -0.15) is 0 Å². The number of hydrogen-bond acceptors (Lipinski definition) is 10. The maximum Gasteiger partial charge on any atom is 0.335 e. The van der Waals surface area contributed by atoms with Crippen LogP contribution in [0.4, 0.5) is 0 Å². The van der Waals surface area contributed by atoms with Gasteiger partial charge in [-0.05, 0) is 175 Å². The van der Waals surface area contributed by atoms with Gasteiger partial charge in [0.15, 0.2) is 0 Å². The van der Waals surface area contributed by atoms with Crippen LogP contribution < -0.4 is 16.4 Å². The Bertz CT molecular complexity index is 2420. The number of aliphatic carboxylic acids is 1. The topological polar surface area (TPSA) is 209 Å². The number of carbonyl (C=O) groups excluding carboxylic acids is 2. The molecule has 6 N–H and O–H groups in total. The molecule has 0 bridgehead atoms. The van der Waals surface area contributed by atoms with Gasteiger partial charge >= 0.3 is 11.9 Å². The molecule has 2 aliphatic carbocycles. The zero-order valence-corrected chi connectivity index (χ0v) is 43.4. The fourth-order valence-electron chi connectivity index (χ4n) is 11.8. The van der Waals surface area contributed by atoms with E-state index in [1.807, 2.05) is 32.0 Å². The van der Waals surface area contributed by atoms with Gasteiger partial charge in [0.25, 0.3) is 5.91 Å². The van der Waals surface area contributed by atoms with E-state index in [0.717, 1.165) is 127 Å². The molecule has 6 aliphatic rings. The lowest BCUT2D eigenvalue weighted by atomic mass is 9.75. The lowest BCUT2D eigenvalue weighted by Crippen LogP contribution is -2.45. The minimum atomic E-state index is -0.846. The van der Waals surface area contributed by atoms with Crippen LogP contribution in [0.2, 0.25) is 0 Å². The Morgan fingerprint density at radius 3 is 1.51 bits per heavy atom. The number of aryl methyl sites for hydroxylation is 2. The van der Waals surface area contributed by atoms with E-state index < -0.39 is 11.9 Å². The Labute approximate surface area is 425 Å². The molecule has 2 unspecified atom stereocenters. The van der Waals surface area contributed by atoms with Gasteiger partial charge in [0, 0.05) is 124 Å². The largest absolute Gasteiger partial charge is 0.480 e.